The average Bonchev–Trinajstić information content (AvgIpc) is 2.45. The summed E-state index contributed by atoms with van der Waals surface area (Å²) >= 11 is 0. The van der Waals surface area contributed by atoms with Gasteiger partial charge in [0.2, 0.25) is 0 Å². The predicted octanol–water partition coefficient (Wildman–Crippen LogP) is 3.03. The van der Waals surface area contributed by atoms with Gasteiger partial charge in [-0.15, -0.1) is 0 Å². The topological polar surface area (TPSA) is 46.6 Å². The van der Waals surface area contributed by atoms with Crippen LogP contribution in [0, 0.1) is 5.92 Å². The van der Waals surface area contributed by atoms with E-state index in [9.17, 15) is 9.59 Å². The highest BCUT2D eigenvalue weighted by Gasteiger charge is 2.18. The fourth-order valence-electron chi connectivity index (χ4n) is 1.79. The molecule has 0 aliphatic heterocycles. The number of nitrogens with zero attached hydrogens (tertiary/aromatic N) is 1. The van der Waals surface area contributed by atoms with Crippen LogP contribution < -0.4 is 0 Å². The molecule has 4 nitrogen and oxygen atoms in total. The van der Waals surface area contributed by atoms with Crippen LogP contribution in [0.5, 0.6) is 0 Å². The van der Waals surface area contributed by atoms with Gasteiger partial charge in [0.15, 0.2) is 0 Å². The van der Waals surface area contributed by atoms with Gasteiger partial charge in [-0.1, -0.05) is 44.2 Å². The maximum atomic E-state index is 12.2. The molecule has 0 aliphatic rings. The maximum Gasteiger partial charge on any atom is 0.335 e. The summed E-state index contributed by atoms with van der Waals surface area (Å²) in [6.07, 6.45) is 0. The van der Waals surface area contributed by atoms with Crippen molar-refractivity contribution in [3.8, 4) is 0 Å². The minimum Gasteiger partial charge on any atom is -0.338 e. The second-order valence-electron chi connectivity index (χ2n) is 4.93. The summed E-state index contributed by atoms with van der Waals surface area (Å²) in [4.78, 5) is 28.7. The quantitative estimate of drug-likeness (QED) is 0.789. The minimum atomic E-state index is -0.429. The van der Waals surface area contributed by atoms with Gasteiger partial charge in [-0.2, -0.15) is 5.06 Å². The second-order valence-corrected chi connectivity index (χ2v) is 4.93. The van der Waals surface area contributed by atoms with Crippen molar-refractivity contribution >= 4 is 22.6 Å². The van der Waals surface area contributed by atoms with E-state index in [2.05, 4.69) is 0 Å². The Labute approximate surface area is 117 Å². The van der Waals surface area contributed by atoms with Gasteiger partial charge in [-0.05, 0) is 22.9 Å². The van der Waals surface area contributed by atoms with Crippen LogP contribution in [0.25, 0.3) is 10.8 Å². The van der Waals surface area contributed by atoms with Crippen LogP contribution in [-0.2, 0) is 9.63 Å². The molecule has 0 spiro atoms. The molecule has 20 heavy (non-hydrogen) atoms. The smallest absolute Gasteiger partial charge is 0.335 e. The van der Waals surface area contributed by atoms with Crippen molar-refractivity contribution in [1.82, 2.24) is 5.06 Å². The number of hydrogen-bond acceptors (Lipinski definition) is 3. The summed E-state index contributed by atoms with van der Waals surface area (Å²) in [5.74, 6) is -1.05. The number of fused-ring (bicyclic) bond motifs is 1. The number of hydrogen-bond donors (Lipinski definition) is 0. The molecule has 104 valence electrons. The Morgan fingerprint density at radius 3 is 2.35 bits per heavy atom. The molecule has 0 aliphatic carbocycles. The molecule has 0 radical (unpaired) electrons. The molecule has 0 bridgehead atoms. The molecule has 2 aromatic carbocycles. The SMILES string of the molecule is CC(C)C(=O)ON(C)C(=O)c1ccc2ccccc2c1. The van der Waals surface area contributed by atoms with Gasteiger partial charge in [0.05, 0.1) is 5.92 Å². The van der Waals surface area contributed by atoms with E-state index in [1.165, 1.54) is 7.05 Å². The van der Waals surface area contributed by atoms with Crippen molar-refractivity contribution in [3.05, 3.63) is 48.0 Å². The van der Waals surface area contributed by atoms with E-state index in [-0.39, 0.29) is 11.8 Å². The number of carbonyl (C=O) groups excluding carboxylic acids is 2. The van der Waals surface area contributed by atoms with Crippen molar-refractivity contribution in [1.29, 1.82) is 0 Å². The van der Waals surface area contributed by atoms with Crippen LogP contribution in [0.2, 0.25) is 0 Å². The monoisotopic (exact) mass is 271 g/mol. The zero-order chi connectivity index (χ0) is 14.7. The van der Waals surface area contributed by atoms with Gasteiger partial charge in [0.25, 0.3) is 5.91 Å². The lowest BCUT2D eigenvalue weighted by atomic mass is 10.1. The zero-order valence-electron chi connectivity index (χ0n) is 11.8. The van der Waals surface area contributed by atoms with E-state index in [1.54, 1.807) is 26.0 Å². The number of hydroxylamine groups is 2. The Morgan fingerprint density at radius 1 is 1.05 bits per heavy atom. The molecular formula is C16H17NO3. The molecule has 0 saturated heterocycles. The number of carbonyl (C=O) groups is 2. The van der Waals surface area contributed by atoms with Crippen molar-refractivity contribution in [2.45, 2.75) is 13.8 Å². The predicted molar refractivity (Wildman–Crippen MR) is 77.0 cm³/mol. The Bertz CT molecular complexity index is 649. The zero-order valence-corrected chi connectivity index (χ0v) is 11.8. The van der Waals surface area contributed by atoms with Crippen LogP contribution >= 0.6 is 0 Å². The summed E-state index contributed by atoms with van der Waals surface area (Å²) in [5, 5.41) is 3.01. The number of amides is 1. The maximum absolute atomic E-state index is 12.2. The van der Waals surface area contributed by atoms with E-state index in [1.807, 2.05) is 30.3 Å². The fraction of sp³-hybridized carbons (Fsp3) is 0.250. The molecule has 0 saturated carbocycles. The minimum absolute atomic E-state index is 0.276. The Balaban J connectivity index is 2.20. The van der Waals surface area contributed by atoms with Gasteiger partial charge in [0, 0.05) is 12.6 Å². The van der Waals surface area contributed by atoms with Crippen molar-refractivity contribution in [3.63, 3.8) is 0 Å². The van der Waals surface area contributed by atoms with Gasteiger partial charge in [-0.3, -0.25) is 4.79 Å². The van der Waals surface area contributed by atoms with E-state index >= 15 is 0 Å². The molecule has 2 aromatic rings. The van der Waals surface area contributed by atoms with E-state index in [0.29, 0.717) is 5.56 Å². The normalized spacial score (nSPS) is 10.6. The molecule has 0 aromatic heterocycles. The average molecular weight is 271 g/mol. The van der Waals surface area contributed by atoms with Crippen molar-refractivity contribution in [2.75, 3.05) is 7.05 Å². The lowest BCUT2D eigenvalue weighted by Gasteiger charge is -2.17. The van der Waals surface area contributed by atoms with E-state index < -0.39 is 5.97 Å². The van der Waals surface area contributed by atoms with Crippen molar-refractivity contribution < 1.29 is 14.4 Å². The molecule has 0 unspecified atom stereocenters. The van der Waals surface area contributed by atoms with Gasteiger partial charge in [-0.25, -0.2) is 4.79 Å². The largest absolute Gasteiger partial charge is 0.338 e. The number of rotatable bonds is 2. The first-order valence-corrected chi connectivity index (χ1v) is 6.47. The summed E-state index contributed by atoms with van der Waals surface area (Å²) in [5.41, 5.74) is 0.489. The Morgan fingerprint density at radius 2 is 1.70 bits per heavy atom. The molecule has 0 fully saturated rings. The summed E-state index contributed by atoms with van der Waals surface area (Å²) in [6, 6.07) is 13.2. The van der Waals surface area contributed by atoms with Gasteiger partial charge in [0.1, 0.15) is 0 Å². The lowest BCUT2D eigenvalue weighted by molar-refractivity contribution is -0.177. The highest BCUT2D eigenvalue weighted by molar-refractivity contribution is 5.98. The van der Waals surface area contributed by atoms with Gasteiger partial charge < -0.3 is 4.84 Å². The third-order valence-corrected chi connectivity index (χ3v) is 2.98. The third kappa shape index (κ3) is 2.96. The Kier molecular flexibility index (Phi) is 4.03. The molecule has 0 heterocycles. The first-order valence-electron chi connectivity index (χ1n) is 6.47. The van der Waals surface area contributed by atoms with Crippen LogP contribution in [0.1, 0.15) is 24.2 Å². The summed E-state index contributed by atoms with van der Waals surface area (Å²) in [6.45, 7) is 3.44. The van der Waals surface area contributed by atoms with Crippen LogP contribution in [0.3, 0.4) is 0 Å². The van der Waals surface area contributed by atoms with Crippen LogP contribution in [0.4, 0.5) is 0 Å². The van der Waals surface area contributed by atoms with E-state index in [4.69, 9.17) is 4.84 Å². The molecule has 1 amide bonds. The molecule has 2 rings (SSSR count). The molecule has 0 atom stereocenters. The van der Waals surface area contributed by atoms with Crippen LogP contribution in [-0.4, -0.2) is 24.0 Å². The van der Waals surface area contributed by atoms with Crippen LogP contribution in [0.15, 0.2) is 42.5 Å². The molecular weight excluding hydrogens is 254 g/mol. The molecule has 0 N–H and O–H groups in total. The molecule has 4 heteroatoms. The first-order chi connectivity index (χ1) is 9.49. The Hall–Kier alpha value is -2.36. The lowest BCUT2D eigenvalue weighted by Crippen LogP contribution is -2.31. The van der Waals surface area contributed by atoms with Crippen molar-refractivity contribution in [2.24, 2.45) is 5.92 Å². The van der Waals surface area contributed by atoms with E-state index in [0.717, 1.165) is 15.8 Å². The first kappa shape index (κ1) is 14.1. The number of benzene rings is 2. The highest BCUT2D eigenvalue weighted by Crippen LogP contribution is 2.17. The third-order valence-electron chi connectivity index (χ3n) is 2.98. The summed E-state index contributed by atoms with van der Waals surface area (Å²) in [7, 11) is 1.44. The summed E-state index contributed by atoms with van der Waals surface area (Å²) < 4.78 is 0. The van der Waals surface area contributed by atoms with Gasteiger partial charge >= 0.3 is 5.97 Å². The standard InChI is InChI=1S/C16H17NO3/c1-11(2)16(19)20-17(3)15(18)14-9-8-12-6-4-5-7-13(12)10-14/h4-11H,1-3H3. The highest BCUT2D eigenvalue weighted by atomic mass is 16.7. The fourth-order valence-corrected chi connectivity index (χ4v) is 1.79. The second kappa shape index (κ2) is 5.74.